The third kappa shape index (κ3) is 6.58. The molecule has 2 aliphatic carbocycles. The van der Waals surface area contributed by atoms with Gasteiger partial charge in [-0.05, 0) is 136 Å². The molecule has 0 saturated carbocycles. The SMILES string of the molecule is CC(C)(C)c1ccc(C2(c3ccccc3)c3ccccc3-c3ccc(N(c4ccc5c(c4)C(c4ccccc4)(c4ccc(C(C)(C)C)cc4)c4ccccc4-5)c4ccc5ccccc5c4)cc32)cc1. The molecule has 0 bridgehead atoms. The minimum atomic E-state index is -0.560. The van der Waals surface area contributed by atoms with E-state index < -0.39 is 10.8 Å². The molecule has 0 amide bonds. The summed E-state index contributed by atoms with van der Waals surface area (Å²) in [6.07, 6.45) is 0. The summed E-state index contributed by atoms with van der Waals surface area (Å²) in [5.74, 6) is 0. The van der Waals surface area contributed by atoms with E-state index in [1.807, 2.05) is 0 Å². The monoisotopic (exact) mass is 887 g/mol. The topological polar surface area (TPSA) is 3.24 Å². The van der Waals surface area contributed by atoms with Crippen LogP contribution in [0.1, 0.15) is 97.2 Å². The van der Waals surface area contributed by atoms with Crippen LogP contribution in [0.2, 0.25) is 0 Å². The van der Waals surface area contributed by atoms with E-state index in [9.17, 15) is 0 Å². The van der Waals surface area contributed by atoms with Crippen LogP contribution in [0.5, 0.6) is 0 Å². The molecule has 10 aromatic rings. The van der Waals surface area contributed by atoms with Gasteiger partial charge in [0.15, 0.2) is 0 Å². The van der Waals surface area contributed by atoms with E-state index in [0.717, 1.165) is 17.1 Å². The third-order valence-corrected chi connectivity index (χ3v) is 15.3. The van der Waals surface area contributed by atoms with Gasteiger partial charge in [-0.25, -0.2) is 0 Å². The summed E-state index contributed by atoms with van der Waals surface area (Å²) in [6, 6.07) is 89.7. The van der Waals surface area contributed by atoms with Crippen molar-refractivity contribution in [3.8, 4) is 22.3 Å². The van der Waals surface area contributed by atoms with Crippen molar-refractivity contribution < 1.29 is 0 Å². The molecule has 1 heteroatoms. The van der Waals surface area contributed by atoms with E-state index in [2.05, 4.69) is 283 Å². The van der Waals surface area contributed by atoms with Gasteiger partial charge in [-0.3, -0.25) is 0 Å². The molecular weight excluding hydrogens is 831 g/mol. The van der Waals surface area contributed by atoms with Gasteiger partial charge in [0.25, 0.3) is 0 Å². The highest BCUT2D eigenvalue weighted by Gasteiger charge is 2.48. The van der Waals surface area contributed by atoms with Gasteiger partial charge >= 0.3 is 0 Å². The van der Waals surface area contributed by atoms with Crippen molar-refractivity contribution in [2.45, 2.75) is 63.2 Å². The molecule has 0 N–H and O–H groups in total. The Morgan fingerprint density at radius 1 is 0.275 bits per heavy atom. The van der Waals surface area contributed by atoms with Gasteiger partial charge in [-0.15, -0.1) is 0 Å². The predicted molar refractivity (Wildman–Crippen MR) is 291 cm³/mol. The summed E-state index contributed by atoms with van der Waals surface area (Å²) >= 11 is 0. The van der Waals surface area contributed by atoms with Crippen LogP contribution in [0.25, 0.3) is 33.0 Å². The first-order valence-electron chi connectivity index (χ1n) is 24.6. The molecular formula is C68H57N. The van der Waals surface area contributed by atoms with E-state index in [0.29, 0.717) is 0 Å². The lowest BCUT2D eigenvalue weighted by Gasteiger charge is -2.36. The van der Waals surface area contributed by atoms with Crippen molar-refractivity contribution >= 4 is 27.8 Å². The summed E-state index contributed by atoms with van der Waals surface area (Å²) in [7, 11) is 0. The van der Waals surface area contributed by atoms with Gasteiger partial charge in [0, 0.05) is 17.1 Å². The zero-order valence-electron chi connectivity index (χ0n) is 40.5. The molecule has 1 nitrogen and oxygen atoms in total. The van der Waals surface area contributed by atoms with Crippen molar-refractivity contribution in [1.82, 2.24) is 0 Å². The fourth-order valence-electron chi connectivity index (χ4n) is 12.0. The Bertz CT molecular complexity index is 3350. The zero-order chi connectivity index (χ0) is 47.1. The van der Waals surface area contributed by atoms with Crippen LogP contribution in [0.15, 0.2) is 237 Å². The molecule has 69 heavy (non-hydrogen) atoms. The molecule has 0 radical (unpaired) electrons. The molecule has 2 unspecified atom stereocenters. The molecule has 2 atom stereocenters. The van der Waals surface area contributed by atoms with E-state index >= 15 is 0 Å². The van der Waals surface area contributed by atoms with Crippen LogP contribution in [-0.2, 0) is 21.7 Å². The van der Waals surface area contributed by atoms with Crippen molar-refractivity contribution in [2.24, 2.45) is 0 Å². The maximum absolute atomic E-state index is 2.51. The highest BCUT2D eigenvalue weighted by molar-refractivity contribution is 5.94. The van der Waals surface area contributed by atoms with Crippen molar-refractivity contribution in [1.29, 1.82) is 0 Å². The first-order chi connectivity index (χ1) is 33.5. The fraction of sp³-hybridized carbons (Fsp3) is 0.147. The molecule has 10 aromatic carbocycles. The summed E-state index contributed by atoms with van der Waals surface area (Å²) < 4.78 is 0. The lowest BCUT2D eigenvalue weighted by atomic mass is 9.67. The predicted octanol–water partition coefficient (Wildman–Crippen LogP) is 17.6. The van der Waals surface area contributed by atoms with Crippen LogP contribution in [0.4, 0.5) is 17.1 Å². The van der Waals surface area contributed by atoms with Crippen molar-refractivity contribution in [2.75, 3.05) is 4.90 Å². The first kappa shape index (κ1) is 42.6. The standard InChI is InChI=1S/C68H57N/c1-65(2,3)48-30-34-52(35-31-48)67(50-21-9-7-10-22-50)61-27-17-15-25-57(61)59-41-39-55(44-63(59)67)69(54-38-29-46-19-13-14-20-47(46)43-54)56-40-42-60-58-26-16-18-28-62(58)68(64(60)45-56,51-23-11-8-12-24-51)53-36-32-49(33-37-53)66(4,5)6/h7-45H,1-6H3. The van der Waals surface area contributed by atoms with Crippen LogP contribution in [0.3, 0.4) is 0 Å². The Kier molecular flexibility index (Phi) is 9.84. The number of benzene rings is 10. The lowest BCUT2D eigenvalue weighted by Crippen LogP contribution is -2.29. The average molecular weight is 888 g/mol. The highest BCUT2D eigenvalue weighted by atomic mass is 15.1. The molecule has 334 valence electrons. The Balaban J connectivity index is 1.13. The zero-order valence-corrected chi connectivity index (χ0v) is 40.5. The largest absolute Gasteiger partial charge is 0.310 e. The Labute approximate surface area is 408 Å². The Morgan fingerprint density at radius 3 is 1.07 bits per heavy atom. The Morgan fingerprint density at radius 2 is 0.623 bits per heavy atom. The quantitative estimate of drug-likeness (QED) is 0.154. The number of anilines is 3. The van der Waals surface area contributed by atoms with Crippen LogP contribution >= 0.6 is 0 Å². The van der Waals surface area contributed by atoms with Crippen LogP contribution in [-0.4, -0.2) is 0 Å². The minimum absolute atomic E-state index is 0.0304. The highest BCUT2D eigenvalue weighted by Crippen LogP contribution is 2.60. The van der Waals surface area contributed by atoms with Gasteiger partial charge in [0.05, 0.1) is 10.8 Å². The number of fused-ring (bicyclic) bond motifs is 7. The first-order valence-corrected chi connectivity index (χ1v) is 24.6. The normalized spacial score (nSPS) is 17.0. The van der Waals surface area contributed by atoms with Gasteiger partial charge in [-0.2, -0.15) is 0 Å². The number of nitrogens with zero attached hydrogens (tertiary/aromatic N) is 1. The maximum atomic E-state index is 2.51. The molecule has 0 saturated heterocycles. The van der Waals surface area contributed by atoms with Crippen LogP contribution < -0.4 is 4.90 Å². The van der Waals surface area contributed by atoms with Crippen molar-refractivity contribution in [3.05, 3.63) is 292 Å². The Hall–Kier alpha value is -7.74. The third-order valence-electron chi connectivity index (χ3n) is 15.3. The average Bonchev–Trinajstić information content (AvgIpc) is 3.84. The molecule has 12 rings (SSSR count). The van der Waals surface area contributed by atoms with Gasteiger partial charge in [0.1, 0.15) is 0 Å². The maximum Gasteiger partial charge on any atom is 0.0714 e. The smallest absolute Gasteiger partial charge is 0.0714 e. The van der Waals surface area contributed by atoms with E-state index in [-0.39, 0.29) is 10.8 Å². The van der Waals surface area contributed by atoms with Crippen LogP contribution in [0, 0.1) is 0 Å². The molecule has 0 spiro atoms. The second kappa shape index (κ2) is 15.9. The summed E-state index contributed by atoms with van der Waals surface area (Å²) in [5, 5.41) is 2.43. The number of hydrogen-bond donors (Lipinski definition) is 0. The van der Waals surface area contributed by atoms with E-state index in [4.69, 9.17) is 0 Å². The minimum Gasteiger partial charge on any atom is -0.310 e. The summed E-state index contributed by atoms with van der Waals surface area (Å²) in [4.78, 5) is 2.51. The molecule has 0 aromatic heterocycles. The van der Waals surface area contributed by atoms with E-state index in [1.165, 1.54) is 88.7 Å². The summed E-state index contributed by atoms with van der Waals surface area (Å²) in [6.45, 7) is 13.8. The fourth-order valence-corrected chi connectivity index (χ4v) is 12.0. The second-order valence-electron chi connectivity index (χ2n) is 21.3. The number of rotatable bonds is 7. The van der Waals surface area contributed by atoms with Gasteiger partial charge < -0.3 is 4.90 Å². The summed E-state index contributed by atoms with van der Waals surface area (Å²) in [5.41, 5.74) is 20.3. The van der Waals surface area contributed by atoms with Gasteiger partial charge in [-0.1, -0.05) is 242 Å². The molecule has 2 aliphatic rings. The molecule has 0 fully saturated rings. The second-order valence-corrected chi connectivity index (χ2v) is 21.3. The number of hydrogen-bond acceptors (Lipinski definition) is 1. The van der Waals surface area contributed by atoms with Gasteiger partial charge in [0.2, 0.25) is 0 Å². The van der Waals surface area contributed by atoms with Crippen molar-refractivity contribution in [3.63, 3.8) is 0 Å². The van der Waals surface area contributed by atoms with E-state index in [1.54, 1.807) is 0 Å². The molecule has 0 aliphatic heterocycles. The lowest BCUT2D eigenvalue weighted by molar-refractivity contribution is 0.589. The molecule has 0 heterocycles.